The minimum absolute atomic E-state index is 0.161. The number of fused-ring (bicyclic) bond motifs is 1. The molecule has 0 spiro atoms. The van der Waals surface area contributed by atoms with Gasteiger partial charge in [-0.3, -0.25) is 4.79 Å². The Morgan fingerprint density at radius 3 is 2.94 bits per heavy atom. The Morgan fingerprint density at radius 2 is 2.29 bits per heavy atom. The molecule has 5 heteroatoms. The molecular formula is C12H16BrN3O. The van der Waals surface area contributed by atoms with Gasteiger partial charge in [0.2, 0.25) is 5.91 Å². The van der Waals surface area contributed by atoms with Crippen LogP contribution in [0.1, 0.15) is 25.8 Å². The van der Waals surface area contributed by atoms with Gasteiger partial charge in [0.1, 0.15) is 5.82 Å². The summed E-state index contributed by atoms with van der Waals surface area (Å²) in [5.74, 6) is 0.978. The molecule has 0 atom stereocenters. The molecule has 0 fully saturated rings. The number of nitrogens with zero attached hydrogens (tertiary/aromatic N) is 2. The number of carbonyl (C=O) groups excluding carboxylic acids is 1. The first-order valence-corrected chi connectivity index (χ1v) is 6.69. The highest BCUT2D eigenvalue weighted by Gasteiger charge is 2.25. The van der Waals surface area contributed by atoms with E-state index in [4.69, 9.17) is 0 Å². The van der Waals surface area contributed by atoms with Crippen LogP contribution in [-0.4, -0.2) is 24.0 Å². The third kappa shape index (κ3) is 2.16. The molecule has 0 radical (unpaired) electrons. The molecule has 1 aromatic heterocycles. The van der Waals surface area contributed by atoms with Crippen molar-refractivity contribution < 1.29 is 4.79 Å². The van der Waals surface area contributed by atoms with Gasteiger partial charge in [0, 0.05) is 30.2 Å². The van der Waals surface area contributed by atoms with Gasteiger partial charge in [0.25, 0.3) is 0 Å². The number of hydrogen-bond donors (Lipinski definition) is 1. The minimum atomic E-state index is 0.161. The molecule has 1 aliphatic heterocycles. The lowest BCUT2D eigenvalue weighted by Crippen LogP contribution is -2.30. The predicted molar refractivity (Wildman–Crippen MR) is 72.4 cm³/mol. The lowest BCUT2D eigenvalue weighted by atomic mass is 10.1. The van der Waals surface area contributed by atoms with E-state index in [0.29, 0.717) is 19.5 Å². The van der Waals surface area contributed by atoms with Crippen molar-refractivity contribution in [2.75, 3.05) is 23.3 Å². The number of nitrogens with one attached hydrogen (secondary N) is 1. The SMILES string of the molecule is CCc1c(Br)cnc2c1N(CC)C(=O)CCN2. The van der Waals surface area contributed by atoms with Crippen LogP contribution in [0.2, 0.25) is 0 Å². The van der Waals surface area contributed by atoms with Gasteiger partial charge in [-0.05, 0) is 34.8 Å². The van der Waals surface area contributed by atoms with E-state index in [9.17, 15) is 4.79 Å². The summed E-state index contributed by atoms with van der Waals surface area (Å²) in [4.78, 5) is 18.2. The van der Waals surface area contributed by atoms with Crippen LogP contribution in [0.4, 0.5) is 11.5 Å². The highest BCUT2D eigenvalue weighted by Crippen LogP contribution is 2.35. The van der Waals surface area contributed by atoms with E-state index in [1.165, 1.54) is 0 Å². The van der Waals surface area contributed by atoms with Crippen LogP contribution in [0.3, 0.4) is 0 Å². The molecule has 1 aliphatic rings. The maximum Gasteiger partial charge on any atom is 0.228 e. The van der Waals surface area contributed by atoms with Gasteiger partial charge in [-0.2, -0.15) is 0 Å². The lowest BCUT2D eigenvalue weighted by Gasteiger charge is -2.23. The van der Waals surface area contributed by atoms with Crippen LogP contribution in [0.15, 0.2) is 10.7 Å². The Balaban J connectivity index is 2.62. The summed E-state index contributed by atoms with van der Waals surface area (Å²) in [5.41, 5.74) is 2.08. The van der Waals surface area contributed by atoms with Gasteiger partial charge in [-0.25, -0.2) is 4.98 Å². The first-order valence-electron chi connectivity index (χ1n) is 5.90. The number of pyridine rings is 1. The number of hydrogen-bond acceptors (Lipinski definition) is 3. The second kappa shape index (κ2) is 5.04. The van der Waals surface area contributed by atoms with Crippen LogP contribution in [0.5, 0.6) is 0 Å². The summed E-state index contributed by atoms with van der Waals surface area (Å²) < 4.78 is 0.966. The van der Waals surface area contributed by atoms with Crippen molar-refractivity contribution in [2.45, 2.75) is 26.7 Å². The monoisotopic (exact) mass is 297 g/mol. The van der Waals surface area contributed by atoms with Crippen molar-refractivity contribution in [3.8, 4) is 0 Å². The van der Waals surface area contributed by atoms with E-state index >= 15 is 0 Å². The highest BCUT2D eigenvalue weighted by atomic mass is 79.9. The molecular weight excluding hydrogens is 282 g/mol. The van der Waals surface area contributed by atoms with Crippen LogP contribution in [-0.2, 0) is 11.2 Å². The van der Waals surface area contributed by atoms with Gasteiger partial charge < -0.3 is 10.2 Å². The molecule has 1 N–H and O–H groups in total. The molecule has 1 amide bonds. The normalized spacial score (nSPS) is 15.2. The average Bonchev–Trinajstić information content (AvgIpc) is 2.47. The number of anilines is 2. The lowest BCUT2D eigenvalue weighted by molar-refractivity contribution is -0.118. The molecule has 0 saturated carbocycles. The van der Waals surface area contributed by atoms with E-state index in [-0.39, 0.29) is 5.91 Å². The Labute approximate surface area is 110 Å². The second-order valence-corrected chi connectivity index (χ2v) is 4.80. The van der Waals surface area contributed by atoms with E-state index in [1.54, 1.807) is 6.20 Å². The molecule has 17 heavy (non-hydrogen) atoms. The molecule has 0 saturated heterocycles. The topological polar surface area (TPSA) is 45.2 Å². The third-order valence-corrected chi connectivity index (χ3v) is 3.66. The van der Waals surface area contributed by atoms with Crippen molar-refractivity contribution in [3.63, 3.8) is 0 Å². The largest absolute Gasteiger partial charge is 0.368 e. The predicted octanol–water partition coefficient (Wildman–Crippen LogP) is 2.58. The second-order valence-electron chi connectivity index (χ2n) is 3.95. The number of carbonyl (C=O) groups is 1. The summed E-state index contributed by atoms with van der Waals surface area (Å²) in [6.45, 7) is 5.41. The molecule has 4 nitrogen and oxygen atoms in total. The molecule has 2 heterocycles. The number of amides is 1. The van der Waals surface area contributed by atoms with Crippen LogP contribution in [0.25, 0.3) is 0 Å². The Bertz CT molecular complexity index is 448. The number of aromatic nitrogens is 1. The Morgan fingerprint density at radius 1 is 1.53 bits per heavy atom. The summed E-state index contributed by atoms with van der Waals surface area (Å²) in [7, 11) is 0. The van der Waals surface area contributed by atoms with Gasteiger partial charge in [-0.1, -0.05) is 6.92 Å². The molecule has 0 bridgehead atoms. The molecule has 1 aromatic rings. The molecule has 2 rings (SSSR count). The Kier molecular flexibility index (Phi) is 3.66. The van der Waals surface area contributed by atoms with E-state index < -0.39 is 0 Å². The fourth-order valence-electron chi connectivity index (χ4n) is 2.15. The van der Waals surface area contributed by atoms with Crippen LogP contribution in [0, 0.1) is 0 Å². The molecule has 0 unspecified atom stereocenters. The first-order chi connectivity index (χ1) is 8.19. The summed E-state index contributed by atoms with van der Waals surface area (Å²) in [6.07, 6.45) is 3.19. The summed E-state index contributed by atoms with van der Waals surface area (Å²) in [5, 5.41) is 3.23. The van der Waals surface area contributed by atoms with Crippen molar-refractivity contribution in [1.82, 2.24) is 4.98 Å². The zero-order chi connectivity index (χ0) is 12.4. The quantitative estimate of drug-likeness (QED) is 0.912. The summed E-state index contributed by atoms with van der Waals surface area (Å²) >= 11 is 3.51. The Hall–Kier alpha value is -1.10. The van der Waals surface area contributed by atoms with Crippen LogP contribution < -0.4 is 10.2 Å². The van der Waals surface area contributed by atoms with Crippen molar-refractivity contribution in [2.24, 2.45) is 0 Å². The van der Waals surface area contributed by atoms with Gasteiger partial charge in [0.05, 0.1) is 5.69 Å². The van der Waals surface area contributed by atoms with E-state index in [2.05, 4.69) is 33.2 Å². The van der Waals surface area contributed by atoms with Gasteiger partial charge in [0.15, 0.2) is 0 Å². The standard InChI is InChI=1S/C12H16BrN3O/c1-3-8-9(13)7-15-12-11(8)16(4-2)10(17)5-6-14-12/h7H,3-6H2,1-2H3,(H,14,15). The van der Waals surface area contributed by atoms with E-state index in [1.807, 2.05) is 11.8 Å². The zero-order valence-electron chi connectivity index (χ0n) is 10.1. The zero-order valence-corrected chi connectivity index (χ0v) is 11.7. The maximum absolute atomic E-state index is 12.0. The van der Waals surface area contributed by atoms with Crippen LogP contribution >= 0.6 is 15.9 Å². The minimum Gasteiger partial charge on any atom is -0.368 e. The smallest absolute Gasteiger partial charge is 0.228 e. The molecule has 0 aromatic carbocycles. The fraction of sp³-hybridized carbons (Fsp3) is 0.500. The van der Waals surface area contributed by atoms with Gasteiger partial charge >= 0.3 is 0 Å². The maximum atomic E-state index is 12.0. The highest BCUT2D eigenvalue weighted by molar-refractivity contribution is 9.10. The van der Waals surface area contributed by atoms with Crippen molar-refractivity contribution >= 4 is 33.3 Å². The number of rotatable bonds is 2. The summed E-state index contributed by atoms with van der Waals surface area (Å²) in [6, 6.07) is 0. The van der Waals surface area contributed by atoms with Crippen molar-refractivity contribution in [1.29, 1.82) is 0 Å². The fourth-order valence-corrected chi connectivity index (χ4v) is 2.73. The van der Waals surface area contributed by atoms with E-state index in [0.717, 1.165) is 28.0 Å². The number of halogens is 1. The molecule has 0 aliphatic carbocycles. The molecule has 92 valence electrons. The third-order valence-electron chi connectivity index (χ3n) is 2.98. The van der Waals surface area contributed by atoms with Crippen molar-refractivity contribution in [3.05, 3.63) is 16.2 Å². The first kappa shape index (κ1) is 12.4. The van der Waals surface area contributed by atoms with Gasteiger partial charge in [-0.15, -0.1) is 0 Å². The average molecular weight is 298 g/mol.